The highest BCUT2D eigenvalue weighted by atomic mass is 35.5. The number of ether oxygens (including phenoxy) is 1. The molecule has 2 amide bonds. The predicted octanol–water partition coefficient (Wildman–Crippen LogP) is 4.26. The van der Waals surface area contributed by atoms with Gasteiger partial charge in [0.1, 0.15) is 11.2 Å². The third kappa shape index (κ3) is 4.31. The Bertz CT molecular complexity index is 803. The third-order valence-electron chi connectivity index (χ3n) is 3.93. The van der Waals surface area contributed by atoms with Crippen LogP contribution in [0.25, 0.3) is 0 Å². The summed E-state index contributed by atoms with van der Waals surface area (Å²) in [5.41, 5.74) is 0.667. The van der Waals surface area contributed by atoms with Crippen molar-refractivity contribution < 1.29 is 14.3 Å². The van der Waals surface area contributed by atoms with Crippen molar-refractivity contribution in [3.05, 3.63) is 53.1 Å². The SMILES string of the molecule is COc1ccccc1NC(=O)C(C)(C)C(=O)Nc1ccc(Cl)cc1C. The summed E-state index contributed by atoms with van der Waals surface area (Å²) < 4.78 is 5.21. The number of rotatable bonds is 5. The molecular weight excluding hydrogens is 340 g/mol. The van der Waals surface area contributed by atoms with E-state index in [0.717, 1.165) is 5.56 Å². The van der Waals surface area contributed by atoms with E-state index in [1.165, 1.54) is 7.11 Å². The molecule has 0 spiro atoms. The largest absolute Gasteiger partial charge is 0.495 e. The van der Waals surface area contributed by atoms with Crippen molar-refractivity contribution in [2.45, 2.75) is 20.8 Å². The molecule has 0 unspecified atom stereocenters. The van der Waals surface area contributed by atoms with Gasteiger partial charge in [0.25, 0.3) is 0 Å². The maximum Gasteiger partial charge on any atom is 0.239 e. The smallest absolute Gasteiger partial charge is 0.239 e. The lowest BCUT2D eigenvalue weighted by Crippen LogP contribution is -2.41. The van der Waals surface area contributed by atoms with Crippen molar-refractivity contribution in [1.82, 2.24) is 0 Å². The summed E-state index contributed by atoms with van der Waals surface area (Å²) in [5.74, 6) is -0.313. The van der Waals surface area contributed by atoms with Gasteiger partial charge in [0.15, 0.2) is 0 Å². The predicted molar refractivity (Wildman–Crippen MR) is 100 cm³/mol. The van der Waals surface area contributed by atoms with E-state index in [2.05, 4.69) is 10.6 Å². The van der Waals surface area contributed by atoms with Crippen LogP contribution < -0.4 is 15.4 Å². The summed E-state index contributed by atoms with van der Waals surface area (Å²) in [4.78, 5) is 25.2. The molecule has 0 aliphatic carbocycles. The second-order valence-corrected chi connectivity index (χ2v) is 6.63. The highest BCUT2D eigenvalue weighted by Crippen LogP contribution is 2.28. The normalized spacial score (nSPS) is 10.9. The van der Waals surface area contributed by atoms with Crippen LogP contribution in [0, 0.1) is 12.3 Å². The molecule has 0 radical (unpaired) electrons. The van der Waals surface area contributed by atoms with Gasteiger partial charge < -0.3 is 15.4 Å². The Morgan fingerprint density at radius 3 is 2.20 bits per heavy atom. The van der Waals surface area contributed by atoms with Crippen LogP contribution in [-0.2, 0) is 9.59 Å². The second kappa shape index (κ2) is 7.57. The fourth-order valence-corrected chi connectivity index (χ4v) is 2.40. The average molecular weight is 361 g/mol. The summed E-state index contributed by atoms with van der Waals surface area (Å²) in [7, 11) is 1.52. The molecule has 25 heavy (non-hydrogen) atoms. The molecule has 0 bridgehead atoms. The first-order valence-corrected chi connectivity index (χ1v) is 8.15. The van der Waals surface area contributed by atoms with Gasteiger partial charge in [0.2, 0.25) is 11.8 Å². The molecule has 2 aromatic carbocycles. The van der Waals surface area contributed by atoms with Crippen LogP contribution in [0.15, 0.2) is 42.5 Å². The zero-order valence-corrected chi connectivity index (χ0v) is 15.4. The molecule has 132 valence electrons. The zero-order valence-electron chi connectivity index (χ0n) is 14.6. The van der Waals surface area contributed by atoms with E-state index in [1.54, 1.807) is 56.3 Å². The maximum atomic E-state index is 12.6. The van der Waals surface area contributed by atoms with Gasteiger partial charge in [0, 0.05) is 10.7 Å². The summed E-state index contributed by atoms with van der Waals surface area (Å²) >= 11 is 5.92. The van der Waals surface area contributed by atoms with Gasteiger partial charge in [-0.25, -0.2) is 0 Å². The Labute approximate surface area is 152 Å². The zero-order chi connectivity index (χ0) is 18.6. The van der Waals surface area contributed by atoms with Gasteiger partial charge >= 0.3 is 0 Å². The van der Waals surface area contributed by atoms with Crippen molar-refractivity contribution in [3.8, 4) is 5.75 Å². The van der Waals surface area contributed by atoms with Crippen LogP contribution in [-0.4, -0.2) is 18.9 Å². The summed E-state index contributed by atoms with van der Waals surface area (Å²) in [6.07, 6.45) is 0. The van der Waals surface area contributed by atoms with Gasteiger partial charge in [-0.05, 0) is 56.7 Å². The monoisotopic (exact) mass is 360 g/mol. The standard InChI is InChI=1S/C19H21ClN2O3/c1-12-11-13(20)9-10-14(12)21-17(23)19(2,3)18(24)22-15-7-5-6-8-16(15)25-4/h5-11H,1-4H3,(H,21,23)(H,22,24). The summed E-state index contributed by atoms with van der Waals surface area (Å²) in [6, 6.07) is 12.2. The lowest BCUT2D eigenvalue weighted by atomic mass is 9.90. The van der Waals surface area contributed by atoms with Gasteiger partial charge in [-0.2, -0.15) is 0 Å². The quantitative estimate of drug-likeness (QED) is 0.783. The molecule has 0 aliphatic heterocycles. The van der Waals surface area contributed by atoms with Gasteiger partial charge in [0.05, 0.1) is 12.8 Å². The van der Waals surface area contributed by atoms with Gasteiger partial charge in [-0.3, -0.25) is 9.59 Å². The Morgan fingerprint density at radius 1 is 1.00 bits per heavy atom. The number of carbonyl (C=O) groups excluding carboxylic acids is 2. The number of aryl methyl sites for hydroxylation is 1. The fourth-order valence-electron chi connectivity index (χ4n) is 2.18. The van der Waals surface area contributed by atoms with Crippen molar-refractivity contribution >= 4 is 34.8 Å². The number of hydrogen-bond donors (Lipinski definition) is 2. The van der Waals surface area contributed by atoms with Crippen LogP contribution in [0.1, 0.15) is 19.4 Å². The van der Waals surface area contributed by atoms with E-state index in [9.17, 15) is 9.59 Å². The maximum absolute atomic E-state index is 12.6. The lowest BCUT2D eigenvalue weighted by Gasteiger charge is -2.23. The Hall–Kier alpha value is -2.53. The molecule has 0 fully saturated rings. The second-order valence-electron chi connectivity index (χ2n) is 6.19. The van der Waals surface area contributed by atoms with Crippen LogP contribution in [0.3, 0.4) is 0 Å². The molecule has 2 aromatic rings. The number of para-hydroxylation sites is 2. The number of methoxy groups -OCH3 is 1. The Morgan fingerprint density at radius 2 is 1.60 bits per heavy atom. The van der Waals surface area contributed by atoms with Crippen LogP contribution in [0.4, 0.5) is 11.4 Å². The van der Waals surface area contributed by atoms with Gasteiger partial charge in [-0.15, -0.1) is 0 Å². The van der Waals surface area contributed by atoms with E-state index in [-0.39, 0.29) is 0 Å². The van der Waals surface area contributed by atoms with E-state index in [4.69, 9.17) is 16.3 Å². The molecule has 2 rings (SSSR count). The molecule has 5 nitrogen and oxygen atoms in total. The number of anilines is 2. The summed E-state index contributed by atoms with van der Waals surface area (Å²) in [6.45, 7) is 4.97. The van der Waals surface area contributed by atoms with Crippen LogP contribution in [0.5, 0.6) is 5.75 Å². The third-order valence-corrected chi connectivity index (χ3v) is 4.16. The van der Waals surface area contributed by atoms with Crippen molar-refractivity contribution in [3.63, 3.8) is 0 Å². The molecule has 0 atom stereocenters. The number of benzene rings is 2. The fraction of sp³-hybridized carbons (Fsp3) is 0.263. The van der Waals surface area contributed by atoms with Gasteiger partial charge in [-0.1, -0.05) is 23.7 Å². The molecule has 0 aliphatic rings. The number of nitrogens with one attached hydrogen (secondary N) is 2. The molecule has 6 heteroatoms. The number of carbonyl (C=O) groups is 2. The molecule has 0 saturated heterocycles. The topological polar surface area (TPSA) is 67.4 Å². The number of amides is 2. The minimum atomic E-state index is -1.28. The van der Waals surface area contributed by atoms with E-state index in [0.29, 0.717) is 22.1 Å². The van der Waals surface area contributed by atoms with Crippen molar-refractivity contribution in [2.75, 3.05) is 17.7 Å². The summed E-state index contributed by atoms with van der Waals surface area (Å²) in [5, 5.41) is 6.12. The highest BCUT2D eigenvalue weighted by Gasteiger charge is 2.36. The van der Waals surface area contributed by atoms with Crippen LogP contribution >= 0.6 is 11.6 Å². The highest BCUT2D eigenvalue weighted by molar-refractivity contribution is 6.30. The molecular formula is C19H21ClN2O3. The first-order chi connectivity index (χ1) is 11.8. The average Bonchev–Trinajstić information content (AvgIpc) is 2.57. The molecule has 0 saturated carbocycles. The number of hydrogen-bond acceptors (Lipinski definition) is 3. The van der Waals surface area contributed by atoms with Crippen molar-refractivity contribution in [2.24, 2.45) is 5.41 Å². The minimum absolute atomic E-state index is 0.412. The Balaban J connectivity index is 2.15. The van der Waals surface area contributed by atoms with Crippen LogP contribution in [0.2, 0.25) is 5.02 Å². The molecule has 2 N–H and O–H groups in total. The first kappa shape index (κ1) is 18.8. The minimum Gasteiger partial charge on any atom is -0.495 e. The molecule has 0 aromatic heterocycles. The molecule has 0 heterocycles. The van der Waals surface area contributed by atoms with E-state index in [1.807, 2.05) is 6.92 Å². The Kier molecular flexibility index (Phi) is 5.69. The first-order valence-electron chi connectivity index (χ1n) is 7.77. The lowest BCUT2D eigenvalue weighted by molar-refractivity contribution is -0.135. The number of halogens is 1. The van der Waals surface area contributed by atoms with Crippen molar-refractivity contribution in [1.29, 1.82) is 0 Å². The van der Waals surface area contributed by atoms with E-state index < -0.39 is 17.2 Å². The van der Waals surface area contributed by atoms with E-state index >= 15 is 0 Å².